The second-order valence-electron chi connectivity index (χ2n) is 9.45. The first-order chi connectivity index (χ1) is 14.1. The summed E-state index contributed by atoms with van der Waals surface area (Å²) in [5.41, 5.74) is -1.71. The van der Waals surface area contributed by atoms with Gasteiger partial charge in [0, 0.05) is 5.02 Å². The first kappa shape index (κ1) is 20.9. The molecule has 6 nitrogen and oxygen atoms in total. The van der Waals surface area contributed by atoms with Crippen LogP contribution in [0.15, 0.2) is 23.2 Å². The van der Waals surface area contributed by atoms with E-state index in [9.17, 15) is 19.6 Å². The van der Waals surface area contributed by atoms with Gasteiger partial charge in [-0.05, 0) is 81.9 Å². The predicted molar refractivity (Wildman–Crippen MR) is 110 cm³/mol. The summed E-state index contributed by atoms with van der Waals surface area (Å²) in [7, 11) is 0. The Morgan fingerprint density at radius 3 is 2.60 bits per heavy atom. The Morgan fingerprint density at radius 1 is 1.37 bits per heavy atom. The molecule has 0 amide bonds. The van der Waals surface area contributed by atoms with Gasteiger partial charge in [-0.2, -0.15) is 5.26 Å². The number of rotatable bonds is 5. The fourth-order valence-corrected chi connectivity index (χ4v) is 6.05. The molecule has 160 valence electrons. The number of hydrogen-bond acceptors (Lipinski definition) is 4. The second kappa shape index (κ2) is 7.42. The number of nitriles is 1. The van der Waals surface area contributed by atoms with Gasteiger partial charge in [0.15, 0.2) is 29.2 Å². The van der Waals surface area contributed by atoms with Crippen LogP contribution in [0.25, 0.3) is 0 Å². The monoisotopic (exact) mass is 433 g/mol. The molecule has 0 radical (unpaired) electrons. The maximum absolute atomic E-state index is 14.3. The number of carboxylic acids is 1. The zero-order valence-corrected chi connectivity index (χ0v) is 17.7. The van der Waals surface area contributed by atoms with Crippen molar-refractivity contribution in [2.75, 3.05) is 0 Å². The van der Waals surface area contributed by atoms with Gasteiger partial charge >= 0.3 is 5.97 Å². The molecule has 4 saturated carbocycles. The van der Waals surface area contributed by atoms with Gasteiger partial charge in [-0.3, -0.25) is 15.1 Å². The molecular formula is C22H25ClFN3O3. The maximum atomic E-state index is 14.3. The molecule has 2 atom stereocenters. The molecule has 5 rings (SSSR count). The number of aliphatic imine (C=N–C) groups is 1. The van der Waals surface area contributed by atoms with Crippen LogP contribution in [-0.2, 0) is 4.79 Å². The third-order valence-corrected chi connectivity index (χ3v) is 7.19. The highest BCUT2D eigenvalue weighted by atomic mass is 35.5. The number of carbonyl (C=O) groups is 1. The normalized spacial score (nSPS) is 32.6. The highest BCUT2D eigenvalue weighted by molar-refractivity contribution is 6.30. The molecule has 30 heavy (non-hydrogen) atoms. The van der Waals surface area contributed by atoms with Gasteiger partial charge in [0.05, 0.1) is 11.5 Å². The first-order valence-corrected chi connectivity index (χ1v) is 10.6. The molecule has 1 aromatic carbocycles. The number of benzene rings is 1. The van der Waals surface area contributed by atoms with Gasteiger partial charge in [-0.15, -0.1) is 0 Å². The Hall–Kier alpha value is -2.33. The van der Waals surface area contributed by atoms with E-state index in [0.29, 0.717) is 24.6 Å². The topological polar surface area (TPSA) is 94.7 Å². The summed E-state index contributed by atoms with van der Waals surface area (Å²) in [6, 6.07) is 4.09. The van der Waals surface area contributed by atoms with Crippen LogP contribution < -0.4 is 10.1 Å². The third kappa shape index (κ3) is 3.62. The van der Waals surface area contributed by atoms with Crippen molar-refractivity contribution in [3.63, 3.8) is 0 Å². The van der Waals surface area contributed by atoms with E-state index in [1.54, 1.807) is 13.8 Å². The van der Waals surface area contributed by atoms with E-state index in [1.807, 2.05) is 6.19 Å². The van der Waals surface area contributed by atoms with E-state index in [1.165, 1.54) is 18.2 Å². The molecule has 0 spiro atoms. The van der Waals surface area contributed by atoms with Crippen LogP contribution in [0.5, 0.6) is 5.75 Å². The Morgan fingerprint density at radius 2 is 2.03 bits per heavy atom. The molecule has 4 aliphatic carbocycles. The molecule has 8 heteroatoms. The molecule has 4 fully saturated rings. The zero-order chi connectivity index (χ0) is 21.7. The Bertz CT molecular complexity index is 926. The van der Waals surface area contributed by atoms with Crippen LogP contribution in [0.4, 0.5) is 4.39 Å². The summed E-state index contributed by atoms with van der Waals surface area (Å²) >= 11 is 5.82. The largest absolute Gasteiger partial charge is 0.481 e. The van der Waals surface area contributed by atoms with Crippen LogP contribution in [-0.4, -0.2) is 28.6 Å². The fraction of sp³-hybridized carbons (Fsp3) is 0.591. The summed E-state index contributed by atoms with van der Waals surface area (Å²) < 4.78 is 20.1. The minimum atomic E-state index is -1.09. The summed E-state index contributed by atoms with van der Waals surface area (Å²) in [5.74, 6) is -0.166. The maximum Gasteiger partial charge on any atom is 0.309 e. The van der Waals surface area contributed by atoms with E-state index >= 15 is 0 Å². The average molecular weight is 434 g/mol. The van der Waals surface area contributed by atoms with Gasteiger partial charge in [-0.1, -0.05) is 11.6 Å². The average Bonchev–Trinajstić information content (AvgIpc) is 2.65. The fourth-order valence-electron chi connectivity index (χ4n) is 5.89. The molecule has 4 aliphatic rings. The number of ether oxygens (including phenoxy) is 1. The van der Waals surface area contributed by atoms with Gasteiger partial charge in [0.2, 0.25) is 0 Å². The zero-order valence-electron chi connectivity index (χ0n) is 17.0. The van der Waals surface area contributed by atoms with Gasteiger partial charge in [-0.25, -0.2) is 4.39 Å². The van der Waals surface area contributed by atoms with Crippen molar-refractivity contribution in [1.82, 2.24) is 5.32 Å². The van der Waals surface area contributed by atoms with Crippen molar-refractivity contribution in [2.24, 2.45) is 28.2 Å². The number of carboxylic acid groups (broad SMARTS) is 1. The van der Waals surface area contributed by atoms with Gasteiger partial charge in [0.1, 0.15) is 0 Å². The van der Waals surface area contributed by atoms with Crippen LogP contribution >= 0.6 is 11.6 Å². The van der Waals surface area contributed by atoms with Gasteiger partial charge in [0.25, 0.3) is 0 Å². The number of nitrogens with zero attached hydrogens (tertiary/aromatic N) is 2. The predicted octanol–water partition coefficient (Wildman–Crippen LogP) is 4.39. The summed E-state index contributed by atoms with van der Waals surface area (Å²) in [6.45, 7) is 3.44. The summed E-state index contributed by atoms with van der Waals surface area (Å²) in [6.07, 6.45) is 5.85. The number of hydrogen-bond donors (Lipinski definition) is 2. The number of aliphatic carboxylic acids is 1. The van der Waals surface area contributed by atoms with E-state index in [2.05, 4.69) is 5.32 Å². The molecule has 0 aromatic heterocycles. The molecular weight excluding hydrogens is 409 g/mol. The quantitative estimate of drug-likeness (QED) is 0.311. The second-order valence-corrected chi connectivity index (χ2v) is 9.88. The van der Waals surface area contributed by atoms with Crippen molar-refractivity contribution in [2.45, 2.75) is 57.6 Å². The molecule has 0 heterocycles. The number of amidine groups is 1. The van der Waals surface area contributed by atoms with E-state index in [-0.39, 0.29) is 28.6 Å². The van der Waals surface area contributed by atoms with Crippen LogP contribution in [0.1, 0.15) is 46.0 Å². The highest BCUT2D eigenvalue weighted by Gasteiger charge is 2.59. The highest BCUT2D eigenvalue weighted by Crippen LogP contribution is 2.61. The summed E-state index contributed by atoms with van der Waals surface area (Å²) in [5, 5.41) is 22.0. The van der Waals surface area contributed by atoms with Crippen LogP contribution in [0.2, 0.25) is 5.02 Å². The van der Waals surface area contributed by atoms with E-state index in [0.717, 1.165) is 19.3 Å². The Kier molecular flexibility index (Phi) is 5.17. The lowest BCUT2D eigenvalue weighted by Gasteiger charge is -2.57. The third-order valence-electron chi connectivity index (χ3n) is 6.96. The lowest BCUT2D eigenvalue weighted by atomic mass is 9.48. The lowest BCUT2D eigenvalue weighted by molar-refractivity contribution is -0.166. The molecule has 2 unspecified atom stereocenters. The molecule has 0 saturated heterocycles. The van der Waals surface area contributed by atoms with Crippen molar-refractivity contribution < 1.29 is 19.0 Å². The standard InChI is InChI=1S/C22H25ClFN3O3/c1-21(2,30-17-4-3-15(23)7-16(17)24)19(26-11-25)27-18-13-5-12-6-14(18)10-22(8-12,9-13)20(28)29/h3-4,7,12-14,18H,5-6,8-10H2,1-2H3,(H,26,27)(H,28,29). The molecule has 4 bridgehead atoms. The van der Waals surface area contributed by atoms with E-state index < -0.39 is 22.8 Å². The Balaban J connectivity index is 1.61. The SMILES string of the molecule is CC(C)(Oc1ccc(Cl)cc1F)C(=NC1C2CC3CC1CC(C(=O)O)(C3)C2)NC#N. The lowest BCUT2D eigenvalue weighted by Crippen LogP contribution is -2.56. The van der Waals surface area contributed by atoms with Crippen molar-refractivity contribution in [3.8, 4) is 11.9 Å². The first-order valence-electron chi connectivity index (χ1n) is 10.2. The number of nitrogens with one attached hydrogen (secondary N) is 1. The minimum absolute atomic E-state index is 0.0201. The van der Waals surface area contributed by atoms with Crippen molar-refractivity contribution >= 4 is 23.4 Å². The number of halogens is 2. The minimum Gasteiger partial charge on any atom is -0.481 e. The molecule has 2 N–H and O–H groups in total. The van der Waals surface area contributed by atoms with Crippen molar-refractivity contribution in [1.29, 1.82) is 5.26 Å². The van der Waals surface area contributed by atoms with Crippen LogP contribution in [0.3, 0.4) is 0 Å². The van der Waals surface area contributed by atoms with Gasteiger partial charge < -0.3 is 9.84 Å². The Labute approximate surface area is 180 Å². The van der Waals surface area contributed by atoms with Crippen molar-refractivity contribution in [3.05, 3.63) is 29.0 Å². The molecule has 0 aliphatic heterocycles. The van der Waals surface area contributed by atoms with Crippen LogP contribution in [0, 0.1) is 40.4 Å². The molecule has 1 aromatic rings. The smallest absolute Gasteiger partial charge is 0.309 e. The summed E-state index contributed by atoms with van der Waals surface area (Å²) in [4.78, 5) is 16.8. The van der Waals surface area contributed by atoms with E-state index in [4.69, 9.17) is 21.3 Å².